The molecular formula is C26H27F2IN4O3. The standard InChI is InChI=1S/C26H27F2IN4O3/c1-36-22-9-6-16(27)13-18(22)20-3-2-11-32(20)21-10-12-33-24(23(21)28)19(14-30-33)26(35)31-17-7-4-15(5-8-17)25(29)34/h6,9-10,12-15,17,20H,2-5,7-8,11H2,1H3,(H,31,35)/t15-,17-,20-/m1/s1. The lowest BCUT2D eigenvalue weighted by Gasteiger charge is -2.29. The Bertz CT molecular complexity index is 1310. The van der Waals surface area contributed by atoms with Crippen molar-refractivity contribution in [3.05, 3.63) is 59.4 Å². The molecule has 2 fully saturated rings. The normalized spacial score (nSPS) is 22.1. The SMILES string of the molecule is COc1ccc(F)cc1[C@H]1CCCN1c1ccn2ncc(C(=O)N[C@H]3CC[C@H](C(=O)I)CC3)c2c1F. The molecule has 190 valence electrons. The van der Waals surface area contributed by atoms with Gasteiger partial charge in [-0.3, -0.25) is 9.59 Å². The van der Waals surface area contributed by atoms with Gasteiger partial charge < -0.3 is 15.0 Å². The van der Waals surface area contributed by atoms with Crippen LogP contribution in [-0.4, -0.2) is 39.0 Å². The molecule has 0 radical (unpaired) electrons. The van der Waals surface area contributed by atoms with Crippen molar-refractivity contribution in [3.8, 4) is 5.75 Å². The number of nitrogens with zero attached hydrogens (tertiary/aromatic N) is 3. The van der Waals surface area contributed by atoms with Crippen molar-refractivity contribution in [2.24, 2.45) is 5.92 Å². The molecule has 3 aromatic rings. The molecule has 10 heteroatoms. The van der Waals surface area contributed by atoms with Gasteiger partial charge in [0.2, 0.25) is 0 Å². The topological polar surface area (TPSA) is 75.9 Å². The summed E-state index contributed by atoms with van der Waals surface area (Å²) in [7, 11) is 1.53. The summed E-state index contributed by atoms with van der Waals surface area (Å²) in [4.78, 5) is 26.7. The second-order valence-corrected chi connectivity index (χ2v) is 10.5. The maximum absolute atomic E-state index is 16.0. The number of anilines is 1. The number of pyridine rings is 1. The molecule has 3 heterocycles. The number of methoxy groups -OCH3 is 1. The van der Waals surface area contributed by atoms with E-state index < -0.39 is 5.82 Å². The minimum Gasteiger partial charge on any atom is -0.496 e. The number of amides is 1. The molecule has 2 aromatic heterocycles. The Labute approximate surface area is 221 Å². The molecule has 5 rings (SSSR count). The largest absolute Gasteiger partial charge is 0.496 e. The number of carbonyl (C=O) groups excluding carboxylic acids is 2. The molecule has 36 heavy (non-hydrogen) atoms. The number of aromatic nitrogens is 2. The molecule has 1 aliphatic heterocycles. The van der Waals surface area contributed by atoms with Crippen molar-refractivity contribution in [2.45, 2.75) is 50.6 Å². The summed E-state index contributed by atoms with van der Waals surface area (Å²) in [5.74, 6) is -0.698. The molecule has 1 N–H and O–H groups in total. The van der Waals surface area contributed by atoms with E-state index in [-0.39, 0.29) is 44.6 Å². The lowest BCUT2D eigenvalue weighted by molar-refractivity contribution is -0.113. The Morgan fingerprint density at radius 3 is 2.64 bits per heavy atom. The highest BCUT2D eigenvalue weighted by atomic mass is 127. The number of fused-ring (bicyclic) bond motifs is 1. The van der Waals surface area contributed by atoms with Crippen LogP contribution >= 0.6 is 22.6 Å². The molecule has 1 amide bonds. The van der Waals surface area contributed by atoms with E-state index in [9.17, 15) is 14.0 Å². The fourth-order valence-corrected chi connectivity index (χ4v) is 6.11. The molecule has 1 atom stereocenters. The van der Waals surface area contributed by atoms with Crippen LogP contribution in [0.2, 0.25) is 0 Å². The number of halogens is 3. The summed E-state index contributed by atoms with van der Waals surface area (Å²) in [6, 6.07) is 5.69. The fraction of sp³-hybridized carbons (Fsp3) is 0.423. The van der Waals surface area contributed by atoms with Crippen molar-refractivity contribution in [1.29, 1.82) is 0 Å². The predicted octanol–water partition coefficient (Wildman–Crippen LogP) is 5.21. The molecule has 0 spiro atoms. The minimum atomic E-state index is -0.540. The first-order chi connectivity index (χ1) is 17.4. The zero-order valence-corrected chi connectivity index (χ0v) is 22.0. The van der Waals surface area contributed by atoms with Gasteiger partial charge in [0.25, 0.3) is 5.91 Å². The number of nitrogens with one attached hydrogen (secondary N) is 1. The molecule has 2 aliphatic rings. The number of ether oxygens (including phenoxy) is 1. The molecule has 1 aromatic carbocycles. The fourth-order valence-electron chi connectivity index (χ4n) is 5.49. The van der Waals surface area contributed by atoms with E-state index in [2.05, 4.69) is 10.4 Å². The van der Waals surface area contributed by atoms with E-state index in [1.54, 1.807) is 18.3 Å². The minimum absolute atomic E-state index is 0.0425. The second-order valence-electron chi connectivity index (χ2n) is 9.43. The molecular weight excluding hydrogens is 581 g/mol. The Hall–Kier alpha value is -2.76. The highest BCUT2D eigenvalue weighted by molar-refractivity contribution is 14.1. The van der Waals surface area contributed by atoms with Crippen LogP contribution < -0.4 is 15.0 Å². The van der Waals surface area contributed by atoms with E-state index in [1.165, 1.54) is 30.0 Å². The summed E-state index contributed by atoms with van der Waals surface area (Å²) in [5.41, 5.74) is 1.28. The molecule has 1 aliphatic carbocycles. The first-order valence-electron chi connectivity index (χ1n) is 12.1. The molecule has 7 nitrogen and oxygen atoms in total. The molecule has 1 saturated carbocycles. The maximum Gasteiger partial charge on any atom is 0.255 e. The lowest BCUT2D eigenvalue weighted by atomic mass is 9.87. The maximum atomic E-state index is 16.0. The average Bonchev–Trinajstić information content (AvgIpc) is 3.52. The quantitative estimate of drug-likeness (QED) is 0.307. The smallest absolute Gasteiger partial charge is 0.255 e. The van der Waals surface area contributed by atoms with E-state index in [0.717, 1.165) is 25.7 Å². The third kappa shape index (κ3) is 4.67. The van der Waals surface area contributed by atoms with Gasteiger partial charge in [0.15, 0.2) is 9.61 Å². The van der Waals surface area contributed by atoms with Gasteiger partial charge in [0.05, 0.1) is 30.6 Å². The van der Waals surface area contributed by atoms with Crippen molar-refractivity contribution in [3.63, 3.8) is 0 Å². The van der Waals surface area contributed by atoms with Crippen LogP contribution in [0.4, 0.5) is 14.5 Å². The first kappa shape index (κ1) is 24.9. The third-order valence-electron chi connectivity index (χ3n) is 7.34. The van der Waals surface area contributed by atoms with Crippen LogP contribution in [0.15, 0.2) is 36.7 Å². The van der Waals surface area contributed by atoms with Crippen LogP contribution in [0, 0.1) is 17.6 Å². The third-order valence-corrected chi connectivity index (χ3v) is 8.22. The van der Waals surface area contributed by atoms with Crippen molar-refractivity contribution >= 4 is 43.5 Å². The summed E-state index contributed by atoms with van der Waals surface area (Å²) in [5, 5.41) is 7.20. The molecule has 0 unspecified atom stereocenters. The van der Waals surface area contributed by atoms with Crippen molar-refractivity contribution in [1.82, 2.24) is 14.9 Å². The number of rotatable bonds is 6. The summed E-state index contributed by atoms with van der Waals surface area (Å²) in [6.45, 7) is 0.589. The number of hydrogen-bond donors (Lipinski definition) is 1. The van der Waals surface area contributed by atoms with Gasteiger partial charge in [0, 0.05) is 30.3 Å². The number of benzene rings is 1. The van der Waals surface area contributed by atoms with Crippen LogP contribution in [0.25, 0.3) is 5.52 Å². The zero-order chi connectivity index (χ0) is 25.4. The second kappa shape index (κ2) is 10.3. The van der Waals surface area contributed by atoms with Gasteiger partial charge in [-0.15, -0.1) is 0 Å². The highest BCUT2D eigenvalue weighted by Gasteiger charge is 2.32. The summed E-state index contributed by atoms with van der Waals surface area (Å²) < 4.78 is 37.1. The number of hydrogen-bond acceptors (Lipinski definition) is 5. The Balaban J connectivity index is 1.43. The van der Waals surface area contributed by atoms with Gasteiger partial charge in [-0.25, -0.2) is 13.3 Å². The van der Waals surface area contributed by atoms with Gasteiger partial charge in [-0.05, 0) is 85.4 Å². The van der Waals surface area contributed by atoms with Crippen molar-refractivity contribution < 1.29 is 23.1 Å². The molecule has 0 bridgehead atoms. The predicted molar refractivity (Wildman–Crippen MR) is 140 cm³/mol. The Morgan fingerprint density at radius 2 is 1.92 bits per heavy atom. The Morgan fingerprint density at radius 1 is 1.14 bits per heavy atom. The van der Waals surface area contributed by atoms with Crippen LogP contribution in [0.1, 0.15) is 60.5 Å². The lowest BCUT2D eigenvalue weighted by Crippen LogP contribution is -2.38. The monoisotopic (exact) mass is 608 g/mol. The van der Waals surface area contributed by atoms with Crippen molar-refractivity contribution in [2.75, 3.05) is 18.6 Å². The van der Waals surface area contributed by atoms with Gasteiger partial charge in [-0.2, -0.15) is 5.10 Å². The zero-order valence-electron chi connectivity index (χ0n) is 19.8. The van der Waals surface area contributed by atoms with E-state index >= 15 is 4.39 Å². The highest BCUT2D eigenvalue weighted by Crippen LogP contribution is 2.41. The van der Waals surface area contributed by atoms with E-state index in [4.69, 9.17) is 4.74 Å². The van der Waals surface area contributed by atoms with Crippen LogP contribution in [0.3, 0.4) is 0 Å². The summed E-state index contributed by atoms with van der Waals surface area (Å²) in [6.07, 6.45) is 7.45. The molecule has 1 saturated heterocycles. The van der Waals surface area contributed by atoms with Crippen LogP contribution in [-0.2, 0) is 4.79 Å². The van der Waals surface area contributed by atoms with Gasteiger partial charge in [-0.1, -0.05) is 0 Å². The van der Waals surface area contributed by atoms with E-state index in [1.807, 2.05) is 27.5 Å². The van der Waals surface area contributed by atoms with E-state index in [0.29, 0.717) is 36.4 Å². The van der Waals surface area contributed by atoms with Gasteiger partial charge in [0.1, 0.15) is 17.1 Å². The first-order valence-corrected chi connectivity index (χ1v) is 13.2. The summed E-state index contributed by atoms with van der Waals surface area (Å²) >= 11 is 1.84. The number of carbonyl (C=O) groups is 2. The van der Waals surface area contributed by atoms with Gasteiger partial charge >= 0.3 is 0 Å². The Kier molecular flexibility index (Phi) is 7.14. The average molecular weight is 608 g/mol. The van der Waals surface area contributed by atoms with Crippen LogP contribution in [0.5, 0.6) is 5.75 Å².